The Morgan fingerprint density at radius 2 is 2.44 bits per heavy atom. The second-order valence-corrected chi connectivity index (χ2v) is 5.00. The summed E-state index contributed by atoms with van der Waals surface area (Å²) in [4.78, 5) is 0. The normalized spacial score (nSPS) is 22.0. The molecule has 1 aliphatic heterocycles. The van der Waals surface area contributed by atoms with Gasteiger partial charge >= 0.3 is 0 Å². The fourth-order valence-electron chi connectivity index (χ4n) is 1.88. The maximum atomic E-state index is 9.90. The Balaban J connectivity index is 1.82. The van der Waals surface area contributed by atoms with Crippen LogP contribution in [0.1, 0.15) is 6.42 Å². The quantitative estimate of drug-likeness (QED) is 0.887. The first-order valence-corrected chi connectivity index (χ1v) is 6.32. The molecule has 2 N–H and O–H groups in total. The lowest BCUT2D eigenvalue weighted by Gasteiger charge is -2.17. The molecule has 1 fully saturated rings. The third kappa shape index (κ3) is 3.20. The molecule has 1 aliphatic rings. The predicted molar refractivity (Wildman–Crippen MR) is 66.6 cm³/mol. The molecule has 0 bridgehead atoms. The zero-order valence-corrected chi connectivity index (χ0v) is 10.6. The minimum Gasteiger partial charge on any atom is -0.491 e. The molecule has 1 saturated heterocycles. The van der Waals surface area contributed by atoms with Crippen LogP contribution in [0.3, 0.4) is 0 Å². The Morgan fingerprint density at radius 3 is 3.12 bits per heavy atom. The lowest BCUT2D eigenvalue weighted by Crippen LogP contribution is -2.28. The highest BCUT2D eigenvalue weighted by Gasteiger charge is 2.23. The Bertz CT molecular complexity index is 340. The minimum atomic E-state index is -0.381. The molecule has 2 unspecified atom stereocenters. The van der Waals surface area contributed by atoms with Crippen molar-refractivity contribution >= 4 is 15.9 Å². The SMILES string of the molecule is OC(COc1cccc(Br)c1)C1CCNC1. The second kappa shape index (κ2) is 5.66. The van der Waals surface area contributed by atoms with E-state index in [9.17, 15) is 5.11 Å². The van der Waals surface area contributed by atoms with Crippen LogP contribution in [-0.2, 0) is 0 Å². The number of hydrogen-bond donors (Lipinski definition) is 2. The van der Waals surface area contributed by atoms with Gasteiger partial charge in [0.2, 0.25) is 0 Å². The van der Waals surface area contributed by atoms with Crippen molar-refractivity contribution in [2.24, 2.45) is 5.92 Å². The molecule has 4 heteroatoms. The summed E-state index contributed by atoms with van der Waals surface area (Å²) in [6.07, 6.45) is 0.650. The van der Waals surface area contributed by atoms with E-state index in [0.29, 0.717) is 12.5 Å². The van der Waals surface area contributed by atoms with Crippen molar-refractivity contribution in [1.82, 2.24) is 5.32 Å². The predicted octanol–water partition coefficient (Wildman–Crippen LogP) is 1.80. The molecular weight excluding hydrogens is 270 g/mol. The van der Waals surface area contributed by atoms with Gasteiger partial charge < -0.3 is 15.2 Å². The molecule has 2 atom stereocenters. The summed E-state index contributed by atoms with van der Waals surface area (Å²) >= 11 is 3.38. The van der Waals surface area contributed by atoms with Crippen molar-refractivity contribution in [1.29, 1.82) is 0 Å². The van der Waals surface area contributed by atoms with Crippen molar-refractivity contribution in [2.75, 3.05) is 19.7 Å². The molecular formula is C12H16BrNO2. The summed E-state index contributed by atoms with van der Waals surface area (Å²) in [7, 11) is 0. The van der Waals surface area contributed by atoms with Gasteiger partial charge in [-0.3, -0.25) is 0 Å². The number of benzene rings is 1. The highest BCUT2D eigenvalue weighted by molar-refractivity contribution is 9.10. The van der Waals surface area contributed by atoms with Crippen LogP contribution in [0.2, 0.25) is 0 Å². The molecule has 0 aromatic heterocycles. The van der Waals surface area contributed by atoms with Gasteiger partial charge in [-0.15, -0.1) is 0 Å². The number of halogens is 1. The lowest BCUT2D eigenvalue weighted by atomic mass is 10.0. The molecule has 0 radical (unpaired) electrons. The van der Waals surface area contributed by atoms with Crippen LogP contribution >= 0.6 is 15.9 Å². The smallest absolute Gasteiger partial charge is 0.120 e. The molecule has 1 aromatic rings. The van der Waals surface area contributed by atoms with Crippen molar-refractivity contribution < 1.29 is 9.84 Å². The van der Waals surface area contributed by atoms with E-state index < -0.39 is 0 Å². The largest absolute Gasteiger partial charge is 0.491 e. The molecule has 3 nitrogen and oxygen atoms in total. The van der Waals surface area contributed by atoms with Gasteiger partial charge in [0, 0.05) is 16.9 Å². The highest BCUT2D eigenvalue weighted by Crippen LogP contribution is 2.19. The van der Waals surface area contributed by atoms with Gasteiger partial charge in [0.15, 0.2) is 0 Å². The van der Waals surface area contributed by atoms with E-state index in [1.54, 1.807) is 0 Å². The Kier molecular flexibility index (Phi) is 4.21. The Morgan fingerprint density at radius 1 is 1.56 bits per heavy atom. The van der Waals surface area contributed by atoms with Crippen LogP contribution in [-0.4, -0.2) is 30.9 Å². The van der Waals surface area contributed by atoms with E-state index in [0.717, 1.165) is 29.7 Å². The fraction of sp³-hybridized carbons (Fsp3) is 0.500. The zero-order valence-electron chi connectivity index (χ0n) is 9.03. The number of aliphatic hydroxyl groups is 1. The van der Waals surface area contributed by atoms with Crippen molar-refractivity contribution in [3.8, 4) is 5.75 Å². The van der Waals surface area contributed by atoms with Gasteiger partial charge in [-0.25, -0.2) is 0 Å². The summed E-state index contributed by atoms with van der Waals surface area (Å²) in [5, 5.41) is 13.1. The maximum Gasteiger partial charge on any atom is 0.120 e. The average molecular weight is 286 g/mol. The number of rotatable bonds is 4. The number of aliphatic hydroxyl groups excluding tert-OH is 1. The van der Waals surface area contributed by atoms with E-state index in [1.807, 2.05) is 24.3 Å². The fourth-order valence-corrected chi connectivity index (χ4v) is 2.26. The third-order valence-electron chi connectivity index (χ3n) is 2.86. The summed E-state index contributed by atoms with van der Waals surface area (Å²) < 4.78 is 6.54. The summed E-state index contributed by atoms with van der Waals surface area (Å²) in [5.74, 6) is 1.12. The van der Waals surface area contributed by atoms with E-state index in [4.69, 9.17) is 4.74 Å². The standard InChI is InChI=1S/C12H16BrNO2/c13-10-2-1-3-11(6-10)16-8-12(15)9-4-5-14-7-9/h1-3,6,9,12,14-15H,4-5,7-8H2. The Hall–Kier alpha value is -0.580. The van der Waals surface area contributed by atoms with Crippen LogP contribution < -0.4 is 10.1 Å². The molecule has 0 aliphatic carbocycles. The van der Waals surface area contributed by atoms with Crippen molar-refractivity contribution in [3.05, 3.63) is 28.7 Å². The van der Waals surface area contributed by atoms with Gasteiger partial charge in [-0.2, -0.15) is 0 Å². The lowest BCUT2D eigenvalue weighted by molar-refractivity contribution is 0.0640. The average Bonchev–Trinajstić information content (AvgIpc) is 2.79. The summed E-state index contributed by atoms with van der Waals surface area (Å²) in [5.41, 5.74) is 0. The molecule has 1 aromatic carbocycles. The number of ether oxygens (including phenoxy) is 1. The first-order chi connectivity index (χ1) is 7.75. The first kappa shape index (κ1) is 11.9. The van der Waals surface area contributed by atoms with Crippen molar-refractivity contribution in [3.63, 3.8) is 0 Å². The van der Waals surface area contributed by atoms with E-state index in [2.05, 4.69) is 21.2 Å². The first-order valence-electron chi connectivity index (χ1n) is 5.53. The van der Waals surface area contributed by atoms with Crippen molar-refractivity contribution in [2.45, 2.75) is 12.5 Å². The van der Waals surface area contributed by atoms with Crippen LogP contribution in [0.15, 0.2) is 28.7 Å². The molecule has 88 valence electrons. The van der Waals surface area contributed by atoms with Gasteiger partial charge in [0.25, 0.3) is 0 Å². The summed E-state index contributed by atoms with van der Waals surface area (Å²) in [6.45, 7) is 2.25. The molecule has 0 amide bonds. The zero-order chi connectivity index (χ0) is 11.4. The molecule has 16 heavy (non-hydrogen) atoms. The topological polar surface area (TPSA) is 41.5 Å². The second-order valence-electron chi connectivity index (χ2n) is 4.09. The van der Waals surface area contributed by atoms with Gasteiger partial charge in [-0.05, 0) is 31.2 Å². The highest BCUT2D eigenvalue weighted by atomic mass is 79.9. The van der Waals surface area contributed by atoms with Crippen LogP contribution in [0, 0.1) is 5.92 Å². The van der Waals surface area contributed by atoms with E-state index in [1.165, 1.54) is 0 Å². The number of nitrogens with one attached hydrogen (secondary N) is 1. The van der Waals surface area contributed by atoms with Gasteiger partial charge in [0.05, 0.1) is 6.10 Å². The summed E-state index contributed by atoms with van der Waals surface area (Å²) in [6, 6.07) is 7.66. The van der Waals surface area contributed by atoms with E-state index >= 15 is 0 Å². The van der Waals surface area contributed by atoms with Crippen LogP contribution in [0.5, 0.6) is 5.75 Å². The molecule has 0 saturated carbocycles. The molecule has 0 spiro atoms. The van der Waals surface area contributed by atoms with Gasteiger partial charge in [-0.1, -0.05) is 22.0 Å². The third-order valence-corrected chi connectivity index (χ3v) is 3.35. The monoisotopic (exact) mass is 285 g/mol. The number of hydrogen-bond acceptors (Lipinski definition) is 3. The maximum absolute atomic E-state index is 9.90. The molecule has 1 heterocycles. The van der Waals surface area contributed by atoms with Crippen LogP contribution in [0.4, 0.5) is 0 Å². The van der Waals surface area contributed by atoms with Crippen LogP contribution in [0.25, 0.3) is 0 Å². The Labute approximate surface area is 104 Å². The van der Waals surface area contributed by atoms with E-state index in [-0.39, 0.29) is 6.10 Å². The molecule has 2 rings (SSSR count). The minimum absolute atomic E-state index is 0.326. The van der Waals surface area contributed by atoms with Gasteiger partial charge in [0.1, 0.15) is 12.4 Å².